The summed E-state index contributed by atoms with van der Waals surface area (Å²) >= 11 is 0. The molecular formula is C13H20N2O3. The molecule has 0 bridgehead atoms. The first-order valence-corrected chi connectivity index (χ1v) is 6.08. The van der Waals surface area contributed by atoms with Crippen molar-refractivity contribution in [3.8, 4) is 0 Å². The first-order chi connectivity index (χ1) is 8.54. The van der Waals surface area contributed by atoms with Crippen molar-refractivity contribution in [3.63, 3.8) is 0 Å². The minimum Gasteiger partial charge on any atom is -0.478 e. The van der Waals surface area contributed by atoms with Crippen molar-refractivity contribution >= 4 is 11.8 Å². The largest absolute Gasteiger partial charge is 0.478 e. The standard InChI is InChI=1S/C13H20N2O3/c1-10-8-11(13(17)18)9-12(14-10)15(2)6-4-3-5-7-16/h8-9,16H,3-7H2,1-2H3,(H,17,18). The number of rotatable bonds is 7. The van der Waals surface area contributed by atoms with Gasteiger partial charge in [-0.05, 0) is 38.3 Å². The molecule has 1 aromatic heterocycles. The van der Waals surface area contributed by atoms with Gasteiger partial charge in [-0.1, -0.05) is 0 Å². The first kappa shape index (κ1) is 14.4. The van der Waals surface area contributed by atoms with E-state index in [0.717, 1.165) is 25.8 Å². The number of hydrogen-bond donors (Lipinski definition) is 2. The maximum Gasteiger partial charge on any atom is 0.335 e. The number of aliphatic hydroxyl groups excluding tert-OH is 1. The van der Waals surface area contributed by atoms with Crippen LogP contribution < -0.4 is 4.90 Å². The zero-order valence-corrected chi connectivity index (χ0v) is 10.9. The van der Waals surface area contributed by atoms with E-state index in [1.54, 1.807) is 19.1 Å². The molecule has 0 aromatic carbocycles. The molecule has 0 aliphatic heterocycles. The van der Waals surface area contributed by atoms with E-state index in [9.17, 15) is 4.79 Å². The third-order valence-corrected chi connectivity index (χ3v) is 2.73. The Morgan fingerprint density at radius 2 is 2.06 bits per heavy atom. The summed E-state index contributed by atoms with van der Waals surface area (Å²) in [7, 11) is 1.90. The molecule has 1 heterocycles. The summed E-state index contributed by atoms with van der Waals surface area (Å²) in [6.07, 6.45) is 2.71. The smallest absolute Gasteiger partial charge is 0.335 e. The number of aromatic nitrogens is 1. The number of pyridine rings is 1. The molecule has 0 fully saturated rings. The van der Waals surface area contributed by atoms with Crippen LogP contribution in [0.4, 0.5) is 5.82 Å². The average Bonchev–Trinajstić information content (AvgIpc) is 2.33. The number of unbranched alkanes of at least 4 members (excludes halogenated alkanes) is 2. The zero-order valence-electron chi connectivity index (χ0n) is 10.9. The van der Waals surface area contributed by atoms with Gasteiger partial charge in [0.1, 0.15) is 5.82 Å². The number of hydrogen-bond acceptors (Lipinski definition) is 4. The number of aliphatic hydroxyl groups is 1. The Kier molecular flexibility index (Phi) is 5.58. The third-order valence-electron chi connectivity index (χ3n) is 2.73. The highest BCUT2D eigenvalue weighted by Crippen LogP contribution is 2.14. The number of carbonyl (C=O) groups is 1. The highest BCUT2D eigenvalue weighted by molar-refractivity contribution is 5.88. The van der Waals surface area contributed by atoms with Crippen LogP contribution in [-0.4, -0.2) is 41.4 Å². The maximum atomic E-state index is 11.0. The highest BCUT2D eigenvalue weighted by Gasteiger charge is 2.09. The summed E-state index contributed by atoms with van der Waals surface area (Å²) in [6.45, 7) is 2.81. The van der Waals surface area contributed by atoms with Gasteiger partial charge in [-0.15, -0.1) is 0 Å². The molecule has 0 atom stereocenters. The van der Waals surface area contributed by atoms with Crippen LogP contribution >= 0.6 is 0 Å². The first-order valence-electron chi connectivity index (χ1n) is 6.08. The van der Waals surface area contributed by atoms with Crippen molar-refractivity contribution < 1.29 is 15.0 Å². The predicted molar refractivity (Wildman–Crippen MR) is 70.1 cm³/mol. The van der Waals surface area contributed by atoms with E-state index < -0.39 is 5.97 Å². The van der Waals surface area contributed by atoms with Gasteiger partial charge in [0.25, 0.3) is 0 Å². The molecule has 5 heteroatoms. The van der Waals surface area contributed by atoms with E-state index in [2.05, 4.69) is 4.98 Å². The van der Waals surface area contributed by atoms with Crippen molar-refractivity contribution in [2.45, 2.75) is 26.2 Å². The summed E-state index contributed by atoms with van der Waals surface area (Å²) in [5.41, 5.74) is 0.965. The van der Waals surface area contributed by atoms with E-state index in [1.165, 1.54) is 0 Å². The van der Waals surface area contributed by atoms with Crippen LogP contribution in [0.3, 0.4) is 0 Å². The average molecular weight is 252 g/mol. The Labute approximate surface area is 107 Å². The SMILES string of the molecule is Cc1cc(C(=O)O)cc(N(C)CCCCCO)n1. The number of carboxylic acid groups (broad SMARTS) is 1. The Morgan fingerprint density at radius 1 is 1.33 bits per heavy atom. The summed E-state index contributed by atoms with van der Waals surface area (Å²) in [5, 5.41) is 17.7. The fourth-order valence-corrected chi connectivity index (χ4v) is 1.72. The summed E-state index contributed by atoms with van der Waals surface area (Å²) < 4.78 is 0. The molecule has 0 amide bonds. The molecule has 5 nitrogen and oxygen atoms in total. The van der Waals surface area contributed by atoms with Gasteiger partial charge < -0.3 is 15.1 Å². The molecule has 18 heavy (non-hydrogen) atoms. The van der Waals surface area contributed by atoms with Crippen LogP contribution in [0.5, 0.6) is 0 Å². The van der Waals surface area contributed by atoms with E-state index in [1.807, 2.05) is 11.9 Å². The van der Waals surface area contributed by atoms with Crippen LogP contribution in [0.15, 0.2) is 12.1 Å². The van der Waals surface area contributed by atoms with Crippen molar-refractivity contribution in [2.75, 3.05) is 25.1 Å². The summed E-state index contributed by atoms with van der Waals surface area (Å²) in [6, 6.07) is 3.15. The summed E-state index contributed by atoms with van der Waals surface area (Å²) in [4.78, 5) is 17.2. The second-order valence-corrected chi connectivity index (χ2v) is 4.37. The van der Waals surface area contributed by atoms with Gasteiger partial charge in [0, 0.05) is 25.9 Å². The number of carboxylic acids is 1. The van der Waals surface area contributed by atoms with Gasteiger partial charge in [-0.2, -0.15) is 0 Å². The molecule has 0 spiro atoms. The fourth-order valence-electron chi connectivity index (χ4n) is 1.72. The summed E-state index contributed by atoms with van der Waals surface area (Å²) in [5.74, 6) is -0.258. The Bertz CT molecular complexity index is 407. The van der Waals surface area contributed by atoms with Crippen molar-refractivity contribution in [1.82, 2.24) is 4.98 Å². The lowest BCUT2D eigenvalue weighted by atomic mass is 10.2. The predicted octanol–water partition coefficient (Wildman–Crippen LogP) is 1.69. The van der Waals surface area contributed by atoms with Gasteiger partial charge in [0.05, 0.1) is 5.56 Å². The lowest BCUT2D eigenvalue weighted by Crippen LogP contribution is -2.20. The van der Waals surface area contributed by atoms with Gasteiger partial charge in [0.2, 0.25) is 0 Å². The lowest BCUT2D eigenvalue weighted by Gasteiger charge is -2.18. The van der Waals surface area contributed by atoms with Crippen LogP contribution in [0.25, 0.3) is 0 Å². The van der Waals surface area contributed by atoms with Gasteiger partial charge >= 0.3 is 5.97 Å². The number of nitrogens with zero attached hydrogens (tertiary/aromatic N) is 2. The van der Waals surface area contributed by atoms with Gasteiger partial charge in [-0.25, -0.2) is 9.78 Å². The highest BCUT2D eigenvalue weighted by atomic mass is 16.4. The fraction of sp³-hybridized carbons (Fsp3) is 0.538. The molecule has 100 valence electrons. The van der Waals surface area contributed by atoms with Crippen LogP contribution in [0.2, 0.25) is 0 Å². The molecule has 1 aromatic rings. The molecule has 0 saturated carbocycles. The van der Waals surface area contributed by atoms with Crippen molar-refractivity contribution in [1.29, 1.82) is 0 Å². The van der Waals surface area contributed by atoms with Gasteiger partial charge in [0.15, 0.2) is 0 Å². The van der Waals surface area contributed by atoms with Crippen molar-refractivity contribution in [3.05, 3.63) is 23.4 Å². The van der Waals surface area contributed by atoms with E-state index in [4.69, 9.17) is 10.2 Å². The molecule has 0 radical (unpaired) electrons. The quantitative estimate of drug-likeness (QED) is 0.722. The Morgan fingerprint density at radius 3 is 2.67 bits per heavy atom. The minimum absolute atomic E-state index is 0.218. The normalized spacial score (nSPS) is 10.4. The van der Waals surface area contributed by atoms with Crippen molar-refractivity contribution in [2.24, 2.45) is 0 Å². The molecule has 0 saturated heterocycles. The molecule has 0 unspecified atom stereocenters. The molecule has 0 aliphatic carbocycles. The molecule has 0 aliphatic rings. The van der Waals surface area contributed by atoms with E-state index in [-0.39, 0.29) is 12.2 Å². The minimum atomic E-state index is -0.935. The molecule has 1 rings (SSSR count). The van der Waals surface area contributed by atoms with E-state index in [0.29, 0.717) is 11.5 Å². The third kappa shape index (κ3) is 4.33. The second-order valence-electron chi connectivity index (χ2n) is 4.37. The van der Waals surface area contributed by atoms with Crippen LogP contribution in [-0.2, 0) is 0 Å². The van der Waals surface area contributed by atoms with E-state index >= 15 is 0 Å². The maximum absolute atomic E-state index is 11.0. The molecular weight excluding hydrogens is 232 g/mol. The molecule has 2 N–H and O–H groups in total. The number of aryl methyl sites for hydroxylation is 1. The Hall–Kier alpha value is -1.62. The topological polar surface area (TPSA) is 73.7 Å². The zero-order chi connectivity index (χ0) is 13.5. The van der Waals surface area contributed by atoms with Gasteiger partial charge in [-0.3, -0.25) is 0 Å². The van der Waals surface area contributed by atoms with Crippen LogP contribution in [0, 0.1) is 6.92 Å². The number of aromatic carboxylic acids is 1. The lowest BCUT2D eigenvalue weighted by molar-refractivity contribution is 0.0696. The Balaban J connectivity index is 2.67. The second kappa shape index (κ2) is 6.96. The van der Waals surface area contributed by atoms with Crippen LogP contribution in [0.1, 0.15) is 35.3 Å². The monoisotopic (exact) mass is 252 g/mol. The number of anilines is 1.